The van der Waals surface area contributed by atoms with Gasteiger partial charge in [-0.05, 0) is 18.3 Å². The van der Waals surface area contributed by atoms with Gasteiger partial charge in [-0.1, -0.05) is 12.2 Å². The first-order valence-corrected chi connectivity index (χ1v) is 8.76. The molecule has 7 nitrogen and oxygen atoms in total. The molecule has 0 spiro atoms. The van der Waals surface area contributed by atoms with Crippen molar-refractivity contribution in [2.75, 3.05) is 32.8 Å². The Balaban J connectivity index is 1.25. The second-order valence-corrected chi connectivity index (χ2v) is 7.11. The maximum absolute atomic E-state index is 12.5. The fourth-order valence-electron chi connectivity index (χ4n) is 4.54. The van der Waals surface area contributed by atoms with E-state index >= 15 is 0 Å². The first-order valence-electron chi connectivity index (χ1n) is 8.76. The number of nitrogens with zero attached hydrogens (tertiary/aromatic N) is 1. The van der Waals surface area contributed by atoms with Crippen LogP contribution >= 0.6 is 0 Å². The number of amides is 3. The smallest absolute Gasteiger partial charge is 0.233 e. The minimum atomic E-state index is -0.160. The van der Waals surface area contributed by atoms with E-state index in [2.05, 4.69) is 22.8 Å². The second kappa shape index (κ2) is 6.29. The maximum Gasteiger partial charge on any atom is 0.233 e. The maximum atomic E-state index is 12.5. The Hall–Kier alpha value is -1.73. The largest absolute Gasteiger partial charge is 0.378 e. The molecule has 0 aromatic heterocycles. The molecule has 5 atom stereocenters. The number of rotatable bonds is 5. The zero-order chi connectivity index (χ0) is 16.7. The molecule has 3 fully saturated rings. The van der Waals surface area contributed by atoms with Crippen molar-refractivity contribution >= 4 is 17.7 Å². The molecule has 4 aliphatic rings. The minimum Gasteiger partial charge on any atom is -0.378 e. The molecule has 3 amide bonds. The number of fused-ring (bicyclic) bond motifs is 5. The van der Waals surface area contributed by atoms with Crippen molar-refractivity contribution in [3.05, 3.63) is 12.2 Å². The van der Waals surface area contributed by atoms with Gasteiger partial charge in [-0.25, -0.2) is 0 Å². The Kier molecular flexibility index (Phi) is 4.14. The highest BCUT2D eigenvalue weighted by Crippen LogP contribution is 2.52. The molecule has 7 heteroatoms. The van der Waals surface area contributed by atoms with E-state index in [9.17, 15) is 14.4 Å². The third-order valence-electron chi connectivity index (χ3n) is 5.65. The van der Waals surface area contributed by atoms with Crippen LogP contribution in [0.3, 0.4) is 0 Å². The van der Waals surface area contributed by atoms with Crippen molar-refractivity contribution in [3.8, 4) is 0 Å². The molecule has 2 saturated heterocycles. The van der Waals surface area contributed by atoms with E-state index in [1.54, 1.807) is 0 Å². The molecule has 2 aliphatic heterocycles. The van der Waals surface area contributed by atoms with Crippen LogP contribution in [0.15, 0.2) is 12.2 Å². The Morgan fingerprint density at radius 2 is 1.96 bits per heavy atom. The monoisotopic (exact) mass is 333 g/mol. The number of hydrogen-bond donors (Lipinski definition) is 2. The van der Waals surface area contributed by atoms with Crippen molar-refractivity contribution in [1.82, 2.24) is 15.5 Å². The van der Waals surface area contributed by atoms with E-state index in [-0.39, 0.29) is 54.0 Å². The summed E-state index contributed by atoms with van der Waals surface area (Å²) >= 11 is 0. The minimum absolute atomic E-state index is 0.0369. The van der Waals surface area contributed by atoms with Crippen LogP contribution in [-0.2, 0) is 19.1 Å². The van der Waals surface area contributed by atoms with Gasteiger partial charge in [0, 0.05) is 32.1 Å². The lowest BCUT2D eigenvalue weighted by Crippen LogP contribution is -2.45. The summed E-state index contributed by atoms with van der Waals surface area (Å²) in [6, 6.07) is 0.0369. The fourth-order valence-corrected chi connectivity index (χ4v) is 4.54. The number of imide groups is 1. The highest BCUT2D eigenvalue weighted by atomic mass is 16.5. The molecule has 2 bridgehead atoms. The Bertz CT molecular complexity index is 554. The summed E-state index contributed by atoms with van der Waals surface area (Å²) in [6.07, 6.45) is 5.46. The summed E-state index contributed by atoms with van der Waals surface area (Å²) in [5.41, 5.74) is 0. The average molecular weight is 333 g/mol. The van der Waals surface area contributed by atoms with Crippen molar-refractivity contribution in [2.45, 2.75) is 18.9 Å². The number of carbonyl (C=O) groups is 3. The number of allylic oxidation sites excluding steroid dienone is 2. The summed E-state index contributed by atoms with van der Waals surface area (Å²) in [4.78, 5) is 38.3. The standard InChI is InChI=1S/C17H23N3O4/c21-13(8-12-9-24-6-4-18-12)19-3-5-20-16(22)14-10-1-2-11(7-10)15(14)17(20)23/h1-2,10-12,14-15,18H,3-9H2,(H,19,21). The SMILES string of the molecule is O=C(CC1COCCN1)NCCN1C(=O)C2C3C=CC(C3)C2C1=O. The highest BCUT2D eigenvalue weighted by molar-refractivity contribution is 6.06. The van der Waals surface area contributed by atoms with Crippen LogP contribution in [0.1, 0.15) is 12.8 Å². The Labute approximate surface area is 140 Å². The molecule has 1 saturated carbocycles. The van der Waals surface area contributed by atoms with Crippen molar-refractivity contribution in [1.29, 1.82) is 0 Å². The molecule has 130 valence electrons. The third kappa shape index (κ3) is 2.65. The number of nitrogens with one attached hydrogen (secondary N) is 2. The summed E-state index contributed by atoms with van der Waals surface area (Å²) in [5, 5.41) is 6.03. The molecule has 0 radical (unpaired) electrons. The van der Waals surface area contributed by atoms with Crippen molar-refractivity contribution in [2.24, 2.45) is 23.7 Å². The molecule has 0 aromatic carbocycles. The predicted octanol–water partition coefficient (Wildman–Crippen LogP) is -0.712. The number of morpholine rings is 1. The van der Waals surface area contributed by atoms with Gasteiger partial charge in [0.2, 0.25) is 17.7 Å². The van der Waals surface area contributed by atoms with Crippen LogP contribution in [0.25, 0.3) is 0 Å². The van der Waals surface area contributed by atoms with Crippen LogP contribution in [0, 0.1) is 23.7 Å². The zero-order valence-corrected chi connectivity index (χ0v) is 13.6. The van der Waals surface area contributed by atoms with Gasteiger partial charge in [-0.2, -0.15) is 0 Å². The second-order valence-electron chi connectivity index (χ2n) is 7.11. The van der Waals surface area contributed by atoms with Gasteiger partial charge in [0.15, 0.2) is 0 Å². The fraction of sp³-hybridized carbons (Fsp3) is 0.706. The number of hydrogen-bond acceptors (Lipinski definition) is 5. The molecular formula is C17H23N3O4. The molecule has 24 heavy (non-hydrogen) atoms. The predicted molar refractivity (Wildman–Crippen MR) is 84.7 cm³/mol. The first kappa shape index (κ1) is 15.8. The van der Waals surface area contributed by atoms with Gasteiger partial charge in [0.1, 0.15) is 0 Å². The van der Waals surface area contributed by atoms with E-state index < -0.39 is 0 Å². The Morgan fingerprint density at radius 1 is 1.25 bits per heavy atom. The zero-order valence-electron chi connectivity index (χ0n) is 13.6. The summed E-state index contributed by atoms with van der Waals surface area (Å²) < 4.78 is 5.32. The van der Waals surface area contributed by atoms with E-state index in [0.29, 0.717) is 26.2 Å². The quantitative estimate of drug-likeness (QED) is 0.513. The lowest BCUT2D eigenvalue weighted by molar-refractivity contribution is -0.141. The summed E-state index contributed by atoms with van der Waals surface area (Å²) in [6.45, 7) is 2.55. The van der Waals surface area contributed by atoms with E-state index in [4.69, 9.17) is 4.74 Å². The topological polar surface area (TPSA) is 87.7 Å². The van der Waals surface area contributed by atoms with Crippen LogP contribution in [-0.4, -0.2) is 61.5 Å². The first-order chi connectivity index (χ1) is 11.6. The van der Waals surface area contributed by atoms with Crippen LogP contribution in [0.5, 0.6) is 0 Å². The van der Waals surface area contributed by atoms with E-state index in [1.807, 2.05) is 0 Å². The van der Waals surface area contributed by atoms with Gasteiger partial charge < -0.3 is 15.4 Å². The van der Waals surface area contributed by atoms with Crippen molar-refractivity contribution in [3.63, 3.8) is 0 Å². The molecular weight excluding hydrogens is 310 g/mol. The van der Waals surface area contributed by atoms with Gasteiger partial charge >= 0.3 is 0 Å². The molecule has 2 aliphatic carbocycles. The number of carbonyl (C=O) groups excluding carboxylic acids is 3. The van der Waals surface area contributed by atoms with Gasteiger partial charge in [0.25, 0.3) is 0 Å². The van der Waals surface area contributed by atoms with Crippen LogP contribution in [0.4, 0.5) is 0 Å². The summed E-state index contributed by atoms with van der Waals surface area (Å²) in [5.74, 6) is -0.0590. The van der Waals surface area contributed by atoms with Gasteiger partial charge in [-0.15, -0.1) is 0 Å². The lowest BCUT2D eigenvalue weighted by Gasteiger charge is -2.23. The number of ether oxygens (including phenoxy) is 1. The van der Waals surface area contributed by atoms with Crippen LogP contribution in [0.2, 0.25) is 0 Å². The molecule has 5 unspecified atom stereocenters. The lowest BCUT2D eigenvalue weighted by atomic mass is 9.85. The molecule has 2 N–H and O–H groups in total. The normalized spacial score (nSPS) is 37.2. The summed E-state index contributed by atoms with van der Waals surface area (Å²) in [7, 11) is 0. The van der Waals surface area contributed by atoms with E-state index in [0.717, 1.165) is 13.0 Å². The van der Waals surface area contributed by atoms with Gasteiger partial charge in [-0.3, -0.25) is 19.3 Å². The third-order valence-corrected chi connectivity index (χ3v) is 5.65. The molecule has 4 rings (SSSR count). The van der Waals surface area contributed by atoms with Crippen LogP contribution < -0.4 is 10.6 Å². The highest BCUT2D eigenvalue weighted by Gasteiger charge is 2.58. The average Bonchev–Trinajstić information content (AvgIpc) is 3.25. The molecule has 0 aromatic rings. The van der Waals surface area contributed by atoms with Gasteiger partial charge in [0.05, 0.1) is 25.0 Å². The van der Waals surface area contributed by atoms with Crippen molar-refractivity contribution < 1.29 is 19.1 Å². The molecule has 2 heterocycles. The number of likely N-dealkylation sites (tertiary alicyclic amines) is 1. The van der Waals surface area contributed by atoms with E-state index in [1.165, 1.54) is 4.90 Å². The Morgan fingerprint density at radius 3 is 2.58 bits per heavy atom.